The van der Waals surface area contributed by atoms with Crippen LogP contribution in [0.1, 0.15) is 25.8 Å². The molecule has 16 heavy (non-hydrogen) atoms. The monoisotopic (exact) mass is 257 g/mol. The maximum atomic E-state index is 12.2. The second kappa shape index (κ2) is 3.64. The topological polar surface area (TPSA) is 20.3 Å². The molecule has 1 aliphatic heterocycles. The lowest BCUT2D eigenvalue weighted by molar-refractivity contribution is -0.122. The van der Waals surface area contributed by atoms with E-state index in [4.69, 9.17) is 23.2 Å². The van der Waals surface area contributed by atoms with Gasteiger partial charge in [0.05, 0.1) is 11.1 Å². The normalized spacial score (nSPS) is 23.8. The first-order valence-electron chi connectivity index (χ1n) is 5.19. The Labute approximate surface area is 105 Å². The molecule has 1 heterocycles. The molecule has 0 unspecified atom stereocenters. The average molecular weight is 258 g/mol. The van der Waals surface area contributed by atoms with E-state index in [0.717, 1.165) is 17.7 Å². The van der Waals surface area contributed by atoms with Crippen LogP contribution in [0.4, 0.5) is 5.69 Å². The highest BCUT2D eigenvalue weighted by molar-refractivity contribution is 6.36. The van der Waals surface area contributed by atoms with Crippen molar-refractivity contribution in [1.82, 2.24) is 0 Å². The van der Waals surface area contributed by atoms with Gasteiger partial charge in [-0.05, 0) is 25.5 Å². The van der Waals surface area contributed by atoms with E-state index in [1.807, 2.05) is 13.8 Å². The van der Waals surface area contributed by atoms with Gasteiger partial charge in [0.1, 0.15) is 0 Å². The summed E-state index contributed by atoms with van der Waals surface area (Å²) >= 11 is 12.2. The SMILES string of the molecule is CC[C@@]1(C)C(=O)N(C)c2cc(Cl)cc(Cl)c21. The summed E-state index contributed by atoms with van der Waals surface area (Å²) in [4.78, 5) is 13.8. The molecule has 0 aromatic heterocycles. The van der Waals surface area contributed by atoms with Crippen LogP contribution in [-0.2, 0) is 10.2 Å². The van der Waals surface area contributed by atoms with Gasteiger partial charge in [-0.3, -0.25) is 4.79 Å². The van der Waals surface area contributed by atoms with E-state index in [2.05, 4.69) is 0 Å². The third-order valence-electron chi connectivity index (χ3n) is 3.43. The highest BCUT2D eigenvalue weighted by atomic mass is 35.5. The van der Waals surface area contributed by atoms with E-state index in [1.165, 1.54) is 0 Å². The van der Waals surface area contributed by atoms with Crippen molar-refractivity contribution in [2.75, 3.05) is 11.9 Å². The fraction of sp³-hybridized carbons (Fsp3) is 0.417. The van der Waals surface area contributed by atoms with Crippen LogP contribution in [0.3, 0.4) is 0 Å². The number of hydrogen-bond acceptors (Lipinski definition) is 1. The molecule has 1 amide bonds. The zero-order valence-corrected chi connectivity index (χ0v) is 11.0. The molecule has 2 rings (SSSR count). The number of anilines is 1. The minimum absolute atomic E-state index is 0.0779. The quantitative estimate of drug-likeness (QED) is 0.753. The van der Waals surface area contributed by atoms with Crippen molar-refractivity contribution in [2.45, 2.75) is 25.7 Å². The molecule has 0 bridgehead atoms. The Morgan fingerprint density at radius 1 is 1.38 bits per heavy atom. The predicted molar refractivity (Wildman–Crippen MR) is 67.5 cm³/mol. The highest BCUT2D eigenvalue weighted by Gasteiger charge is 2.46. The fourth-order valence-corrected chi connectivity index (χ4v) is 2.98. The Balaban J connectivity index is 2.75. The fourth-order valence-electron chi connectivity index (χ4n) is 2.29. The number of benzene rings is 1. The standard InChI is InChI=1S/C12H13Cl2NO/c1-4-12(2)10-8(14)5-7(13)6-9(10)15(3)11(12)16/h5-6H,4H2,1-3H3/t12-/m1/s1. The van der Waals surface area contributed by atoms with E-state index in [1.54, 1.807) is 24.1 Å². The summed E-state index contributed by atoms with van der Waals surface area (Å²) in [6.45, 7) is 3.92. The Hall–Kier alpha value is -0.730. The molecule has 0 saturated carbocycles. The molecule has 0 spiro atoms. The van der Waals surface area contributed by atoms with Gasteiger partial charge in [0.2, 0.25) is 5.91 Å². The lowest BCUT2D eigenvalue weighted by atomic mass is 9.81. The molecule has 1 aliphatic rings. The highest BCUT2D eigenvalue weighted by Crippen LogP contribution is 2.47. The van der Waals surface area contributed by atoms with E-state index >= 15 is 0 Å². The second-order valence-corrected chi connectivity index (χ2v) is 5.18. The maximum absolute atomic E-state index is 12.2. The summed E-state index contributed by atoms with van der Waals surface area (Å²) in [6.07, 6.45) is 0.727. The van der Waals surface area contributed by atoms with Crippen LogP contribution in [0.15, 0.2) is 12.1 Å². The first-order valence-corrected chi connectivity index (χ1v) is 5.95. The van der Waals surface area contributed by atoms with Crippen molar-refractivity contribution in [2.24, 2.45) is 0 Å². The van der Waals surface area contributed by atoms with Crippen LogP contribution >= 0.6 is 23.2 Å². The van der Waals surface area contributed by atoms with Crippen molar-refractivity contribution in [3.8, 4) is 0 Å². The van der Waals surface area contributed by atoms with E-state index < -0.39 is 5.41 Å². The largest absolute Gasteiger partial charge is 0.314 e. The molecule has 86 valence electrons. The molecule has 0 saturated heterocycles. The van der Waals surface area contributed by atoms with Crippen LogP contribution in [0, 0.1) is 0 Å². The van der Waals surface area contributed by atoms with Gasteiger partial charge < -0.3 is 4.90 Å². The Kier molecular flexibility index (Phi) is 2.67. The maximum Gasteiger partial charge on any atom is 0.237 e. The van der Waals surface area contributed by atoms with Crippen molar-refractivity contribution in [1.29, 1.82) is 0 Å². The minimum atomic E-state index is -0.522. The number of rotatable bonds is 1. The molecular weight excluding hydrogens is 245 g/mol. The third kappa shape index (κ3) is 1.36. The van der Waals surface area contributed by atoms with Crippen molar-refractivity contribution < 1.29 is 4.79 Å². The number of nitrogens with zero attached hydrogens (tertiary/aromatic N) is 1. The number of likely N-dealkylation sites (N-methyl/N-ethyl adjacent to an activating group) is 1. The van der Waals surface area contributed by atoms with E-state index in [0.29, 0.717) is 10.0 Å². The summed E-state index contributed by atoms with van der Waals surface area (Å²) < 4.78 is 0. The van der Waals surface area contributed by atoms with Gasteiger partial charge in [0.25, 0.3) is 0 Å². The van der Waals surface area contributed by atoms with E-state index in [9.17, 15) is 4.79 Å². The smallest absolute Gasteiger partial charge is 0.237 e. The summed E-state index contributed by atoms with van der Waals surface area (Å²) in [7, 11) is 1.76. The third-order valence-corrected chi connectivity index (χ3v) is 3.95. The second-order valence-electron chi connectivity index (χ2n) is 4.33. The summed E-state index contributed by atoms with van der Waals surface area (Å²) in [5.41, 5.74) is 1.20. The molecule has 0 fully saturated rings. The number of fused-ring (bicyclic) bond motifs is 1. The van der Waals surface area contributed by atoms with Crippen LogP contribution in [0.25, 0.3) is 0 Å². The van der Waals surface area contributed by atoms with Gasteiger partial charge in [-0.15, -0.1) is 0 Å². The van der Waals surface area contributed by atoms with Crippen molar-refractivity contribution in [3.05, 3.63) is 27.7 Å². The molecule has 1 aromatic rings. The van der Waals surface area contributed by atoms with Gasteiger partial charge in [-0.25, -0.2) is 0 Å². The number of hydrogen-bond donors (Lipinski definition) is 0. The van der Waals surface area contributed by atoms with Gasteiger partial charge in [0, 0.05) is 22.7 Å². The summed E-state index contributed by atoms with van der Waals surface area (Å²) in [5, 5.41) is 1.13. The number of carbonyl (C=O) groups is 1. The minimum Gasteiger partial charge on any atom is -0.314 e. The molecule has 1 aromatic carbocycles. The van der Waals surface area contributed by atoms with Gasteiger partial charge in [0.15, 0.2) is 0 Å². The lowest BCUT2D eigenvalue weighted by Crippen LogP contribution is -2.35. The van der Waals surface area contributed by atoms with Crippen LogP contribution in [0.2, 0.25) is 10.0 Å². The molecule has 0 radical (unpaired) electrons. The van der Waals surface area contributed by atoms with Gasteiger partial charge >= 0.3 is 0 Å². The summed E-state index contributed by atoms with van der Waals surface area (Å²) in [6, 6.07) is 3.49. The number of carbonyl (C=O) groups excluding carboxylic acids is 1. The molecule has 2 nitrogen and oxygen atoms in total. The molecule has 1 atom stereocenters. The predicted octanol–water partition coefficient (Wildman–Crippen LogP) is 3.64. The first-order chi connectivity index (χ1) is 7.41. The molecule has 4 heteroatoms. The molecular formula is C12H13Cl2NO. The Morgan fingerprint density at radius 3 is 2.56 bits per heavy atom. The Morgan fingerprint density at radius 2 is 2.00 bits per heavy atom. The van der Waals surface area contributed by atoms with E-state index in [-0.39, 0.29) is 5.91 Å². The van der Waals surface area contributed by atoms with Gasteiger partial charge in [-0.1, -0.05) is 30.1 Å². The lowest BCUT2D eigenvalue weighted by Gasteiger charge is -2.21. The molecule has 0 N–H and O–H groups in total. The van der Waals surface area contributed by atoms with Crippen LogP contribution in [0.5, 0.6) is 0 Å². The average Bonchev–Trinajstić information content (AvgIpc) is 2.42. The first kappa shape index (κ1) is 11.7. The van der Waals surface area contributed by atoms with Gasteiger partial charge in [-0.2, -0.15) is 0 Å². The zero-order valence-electron chi connectivity index (χ0n) is 9.47. The van der Waals surface area contributed by atoms with Crippen LogP contribution in [-0.4, -0.2) is 13.0 Å². The summed E-state index contributed by atoms with van der Waals surface area (Å²) in [5.74, 6) is 0.0779. The Bertz CT molecular complexity index is 472. The molecule has 0 aliphatic carbocycles. The number of halogens is 2. The van der Waals surface area contributed by atoms with Crippen molar-refractivity contribution in [3.63, 3.8) is 0 Å². The van der Waals surface area contributed by atoms with Crippen LogP contribution < -0.4 is 4.90 Å². The zero-order chi connectivity index (χ0) is 12.1. The number of amides is 1. The van der Waals surface area contributed by atoms with Crippen molar-refractivity contribution >= 4 is 34.8 Å².